The Labute approximate surface area is 215 Å². The molecule has 0 bridgehead atoms. The van der Waals surface area contributed by atoms with E-state index in [0.717, 1.165) is 12.8 Å². The van der Waals surface area contributed by atoms with Gasteiger partial charge in [-0.05, 0) is 61.6 Å². The lowest BCUT2D eigenvalue weighted by atomic mass is 10.0. The van der Waals surface area contributed by atoms with Gasteiger partial charge in [-0.15, -0.1) is 5.10 Å². The molecule has 10 nitrogen and oxygen atoms in total. The molecule has 1 saturated carbocycles. The molecule has 0 radical (unpaired) electrons. The molecule has 0 spiro atoms. The second-order valence-electron chi connectivity index (χ2n) is 9.44. The third-order valence-electron chi connectivity index (χ3n) is 6.97. The summed E-state index contributed by atoms with van der Waals surface area (Å²) < 4.78 is 32.8. The number of ether oxygens (including phenoxy) is 1. The molecule has 1 fully saturated rings. The third kappa shape index (κ3) is 4.17. The number of aromatic nitrogens is 4. The lowest BCUT2D eigenvalue weighted by molar-refractivity contribution is -0.0501. The number of halogens is 2. The SMILES string of the molecule is C[C@@H](C1CC1)N1Cc2cc(-c3ccn4nc(N)c(C(=O)Nc5cccnc5)c4n3)cc(OC(F)F)c2C1=O. The predicted molar refractivity (Wildman–Crippen MR) is 134 cm³/mol. The lowest BCUT2D eigenvalue weighted by Crippen LogP contribution is -2.34. The zero-order chi connectivity index (χ0) is 26.6. The number of fused-ring (bicyclic) bond motifs is 2. The van der Waals surface area contributed by atoms with Crippen LogP contribution in [0.25, 0.3) is 16.9 Å². The van der Waals surface area contributed by atoms with Crippen LogP contribution in [0.3, 0.4) is 0 Å². The summed E-state index contributed by atoms with van der Waals surface area (Å²) in [6.07, 6.45) is 6.73. The van der Waals surface area contributed by atoms with Gasteiger partial charge in [0.2, 0.25) is 0 Å². The maximum absolute atomic E-state index is 13.3. The lowest BCUT2D eigenvalue weighted by Gasteiger charge is -2.24. The molecule has 1 aromatic carbocycles. The molecule has 194 valence electrons. The highest BCUT2D eigenvalue weighted by Gasteiger charge is 2.40. The van der Waals surface area contributed by atoms with Crippen LogP contribution < -0.4 is 15.8 Å². The smallest absolute Gasteiger partial charge is 0.387 e. The molecule has 3 N–H and O–H groups in total. The highest BCUT2D eigenvalue weighted by molar-refractivity contribution is 6.11. The van der Waals surface area contributed by atoms with E-state index in [4.69, 9.17) is 10.5 Å². The number of amides is 2. The van der Waals surface area contributed by atoms with Crippen LogP contribution in [0, 0.1) is 5.92 Å². The Hall–Kier alpha value is -4.61. The van der Waals surface area contributed by atoms with Crippen LogP contribution in [0.4, 0.5) is 20.3 Å². The van der Waals surface area contributed by atoms with Crippen LogP contribution in [0.2, 0.25) is 0 Å². The van der Waals surface area contributed by atoms with E-state index in [9.17, 15) is 18.4 Å². The van der Waals surface area contributed by atoms with Crippen molar-refractivity contribution in [1.82, 2.24) is 24.5 Å². The van der Waals surface area contributed by atoms with Gasteiger partial charge in [0.25, 0.3) is 11.8 Å². The molecule has 38 heavy (non-hydrogen) atoms. The monoisotopic (exact) mass is 519 g/mol. The molecule has 2 amide bonds. The van der Waals surface area contributed by atoms with Crippen molar-refractivity contribution in [3.8, 4) is 17.0 Å². The van der Waals surface area contributed by atoms with Crippen LogP contribution in [0.15, 0.2) is 48.9 Å². The first-order chi connectivity index (χ1) is 18.3. The number of hydrogen-bond acceptors (Lipinski definition) is 7. The van der Waals surface area contributed by atoms with E-state index in [2.05, 4.69) is 20.4 Å². The van der Waals surface area contributed by atoms with E-state index in [1.807, 2.05) is 6.92 Å². The van der Waals surface area contributed by atoms with E-state index >= 15 is 0 Å². The van der Waals surface area contributed by atoms with Crippen LogP contribution in [-0.2, 0) is 6.54 Å². The van der Waals surface area contributed by atoms with Crippen molar-refractivity contribution in [2.24, 2.45) is 5.92 Å². The summed E-state index contributed by atoms with van der Waals surface area (Å²) in [6, 6.07) is 8.10. The van der Waals surface area contributed by atoms with Crippen molar-refractivity contribution in [2.75, 3.05) is 11.1 Å². The van der Waals surface area contributed by atoms with E-state index < -0.39 is 12.5 Å². The number of pyridine rings is 1. The first-order valence-electron chi connectivity index (χ1n) is 12.1. The first-order valence-corrected chi connectivity index (χ1v) is 12.1. The number of carbonyl (C=O) groups excluding carboxylic acids is 2. The van der Waals surface area contributed by atoms with Gasteiger partial charge in [-0.1, -0.05) is 0 Å². The minimum atomic E-state index is -3.11. The number of rotatable bonds is 7. The van der Waals surface area contributed by atoms with Crippen LogP contribution in [0.1, 0.15) is 46.0 Å². The Morgan fingerprint density at radius 1 is 1.26 bits per heavy atom. The van der Waals surface area contributed by atoms with Crippen LogP contribution in [0.5, 0.6) is 5.75 Å². The van der Waals surface area contributed by atoms with Gasteiger partial charge in [-0.2, -0.15) is 8.78 Å². The van der Waals surface area contributed by atoms with Crippen LogP contribution in [-0.4, -0.2) is 48.9 Å². The molecule has 4 aromatic rings. The molecular formula is C26H23F2N7O3. The maximum atomic E-state index is 13.3. The number of benzene rings is 1. The highest BCUT2D eigenvalue weighted by atomic mass is 19.3. The number of carbonyl (C=O) groups is 2. The number of nitrogens with two attached hydrogens (primary N) is 1. The minimum Gasteiger partial charge on any atom is -0.434 e. The molecule has 6 rings (SSSR count). The van der Waals surface area contributed by atoms with Gasteiger partial charge in [0.05, 0.1) is 23.1 Å². The second kappa shape index (κ2) is 9.05. The Kier molecular flexibility index (Phi) is 5.66. The predicted octanol–water partition coefficient (Wildman–Crippen LogP) is 3.98. The Morgan fingerprint density at radius 2 is 2.08 bits per heavy atom. The molecule has 12 heteroatoms. The molecule has 4 heterocycles. The summed E-state index contributed by atoms with van der Waals surface area (Å²) in [7, 11) is 0. The fraction of sp³-hybridized carbons (Fsp3) is 0.269. The second-order valence-corrected chi connectivity index (χ2v) is 9.44. The molecule has 1 atom stereocenters. The van der Waals surface area contributed by atoms with Gasteiger partial charge in [0.1, 0.15) is 11.3 Å². The summed E-state index contributed by atoms with van der Waals surface area (Å²) in [5.41, 5.74) is 8.30. The quantitative estimate of drug-likeness (QED) is 0.378. The van der Waals surface area contributed by atoms with Crippen molar-refractivity contribution in [3.63, 3.8) is 0 Å². The molecule has 1 aliphatic heterocycles. The first kappa shape index (κ1) is 23.8. The van der Waals surface area contributed by atoms with Gasteiger partial charge in [0, 0.05) is 30.5 Å². The summed E-state index contributed by atoms with van der Waals surface area (Å²) >= 11 is 0. The number of nitrogens with one attached hydrogen (secondary N) is 1. The number of nitrogens with zero attached hydrogens (tertiary/aromatic N) is 5. The molecule has 0 saturated heterocycles. The Morgan fingerprint density at radius 3 is 2.79 bits per heavy atom. The van der Waals surface area contributed by atoms with Gasteiger partial charge in [0.15, 0.2) is 11.5 Å². The molecule has 2 aliphatic rings. The number of nitrogen functional groups attached to an aromatic ring is 1. The van der Waals surface area contributed by atoms with E-state index in [0.29, 0.717) is 35.0 Å². The Balaban J connectivity index is 1.40. The zero-order valence-electron chi connectivity index (χ0n) is 20.3. The molecule has 3 aromatic heterocycles. The van der Waals surface area contributed by atoms with E-state index in [1.54, 1.807) is 41.6 Å². The minimum absolute atomic E-state index is 0.00267. The maximum Gasteiger partial charge on any atom is 0.387 e. The molecule has 0 unspecified atom stereocenters. The summed E-state index contributed by atoms with van der Waals surface area (Å²) in [5, 5.41) is 6.88. The van der Waals surface area contributed by atoms with Crippen molar-refractivity contribution in [1.29, 1.82) is 0 Å². The largest absolute Gasteiger partial charge is 0.434 e. The number of anilines is 2. The van der Waals surface area contributed by atoms with E-state index in [1.165, 1.54) is 16.8 Å². The fourth-order valence-electron chi connectivity index (χ4n) is 4.89. The van der Waals surface area contributed by atoms with Crippen molar-refractivity contribution < 1.29 is 23.1 Å². The number of hydrogen-bond donors (Lipinski definition) is 2. The molecule has 1 aliphatic carbocycles. The van der Waals surface area contributed by atoms with Gasteiger partial charge in [-0.25, -0.2) is 9.50 Å². The van der Waals surface area contributed by atoms with Crippen molar-refractivity contribution in [2.45, 2.75) is 39.0 Å². The highest BCUT2D eigenvalue weighted by Crippen LogP contribution is 2.42. The van der Waals surface area contributed by atoms with Crippen LogP contribution >= 0.6 is 0 Å². The molecular weight excluding hydrogens is 496 g/mol. The summed E-state index contributed by atoms with van der Waals surface area (Å²) in [4.78, 5) is 36.5. The standard InChI is InChI=1S/C26H23F2N7O3/c1-13(14-4-5-14)34-12-16-9-15(10-19(38-26(27)28)20(16)25(34)37)18-6-8-35-23(32-18)21(22(29)33-35)24(36)31-17-3-2-7-30-11-17/h2-3,6-11,13-14,26H,4-5,12H2,1H3,(H2,29,33)(H,31,36)/t13-/m0/s1. The average molecular weight is 520 g/mol. The van der Waals surface area contributed by atoms with Crippen molar-refractivity contribution >= 4 is 29.0 Å². The van der Waals surface area contributed by atoms with E-state index in [-0.39, 0.29) is 40.3 Å². The topological polar surface area (TPSA) is 128 Å². The van der Waals surface area contributed by atoms with Gasteiger partial charge < -0.3 is 20.7 Å². The van der Waals surface area contributed by atoms with Crippen molar-refractivity contribution in [3.05, 3.63) is 65.6 Å². The Bertz CT molecular complexity index is 1570. The van der Waals surface area contributed by atoms with Gasteiger partial charge in [-0.3, -0.25) is 14.6 Å². The summed E-state index contributed by atoms with van der Waals surface area (Å²) in [6.45, 7) is -0.835. The average Bonchev–Trinajstić information content (AvgIpc) is 3.60. The van der Waals surface area contributed by atoms with Gasteiger partial charge >= 0.3 is 6.61 Å². The summed E-state index contributed by atoms with van der Waals surface area (Å²) in [5.74, 6) is -0.654. The third-order valence-corrected chi connectivity index (χ3v) is 6.97. The number of alkyl halides is 2. The fourth-order valence-corrected chi connectivity index (χ4v) is 4.89. The normalized spacial score (nSPS) is 15.7. The zero-order valence-corrected chi connectivity index (χ0v) is 20.3.